The third kappa shape index (κ3) is 4.26. The summed E-state index contributed by atoms with van der Waals surface area (Å²) in [6.07, 6.45) is 1.96. The van der Waals surface area contributed by atoms with Crippen molar-refractivity contribution in [2.45, 2.75) is 13.1 Å². The van der Waals surface area contributed by atoms with Crippen LogP contribution < -0.4 is 9.47 Å². The van der Waals surface area contributed by atoms with Crippen LogP contribution in [-0.2, 0) is 13.1 Å². The van der Waals surface area contributed by atoms with Gasteiger partial charge < -0.3 is 18.9 Å². The van der Waals surface area contributed by atoms with Crippen LogP contribution in [0.5, 0.6) is 11.5 Å². The molecule has 0 spiro atoms. The van der Waals surface area contributed by atoms with Gasteiger partial charge in [-0.05, 0) is 29.3 Å². The van der Waals surface area contributed by atoms with Crippen molar-refractivity contribution < 1.29 is 14.3 Å². The molecule has 158 valence electrons. The van der Waals surface area contributed by atoms with Crippen LogP contribution in [0.1, 0.15) is 21.5 Å². The van der Waals surface area contributed by atoms with E-state index in [1.807, 2.05) is 67.8 Å². The maximum absolute atomic E-state index is 13.4. The fourth-order valence-electron chi connectivity index (χ4n) is 3.86. The Labute approximate surface area is 182 Å². The van der Waals surface area contributed by atoms with Crippen molar-refractivity contribution in [1.82, 2.24) is 9.47 Å². The van der Waals surface area contributed by atoms with E-state index in [0.29, 0.717) is 30.2 Å². The van der Waals surface area contributed by atoms with Crippen LogP contribution in [0.2, 0.25) is 0 Å². The lowest BCUT2D eigenvalue weighted by Crippen LogP contribution is -2.26. The van der Waals surface area contributed by atoms with Crippen molar-refractivity contribution in [2.75, 3.05) is 21.3 Å². The van der Waals surface area contributed by atoms with Gasteiger partial charge >= 0.3 is 0 Å². The molecule has 0 aliphatic heterocycles. The van der Waals surface area contributed by atoms with Gasteiger partial charge in [0.05, 0.1) is 19.8 Å². The van der Waals surface area contributed by atoms with Gasteiger partial charge in [0.1, 0.15) is 0 Å². The molecule has 0 saturated heterocycles. The van der Waals surface area contributed by atoms with Crippen molar-refractivity contribution >= 4 is 16.8 Å². The molecule has 1 aromatic heterocycles. The van der Waals surface area contributed by atoms with Gasteiger partial charge in [-0.2, -0.15) is 0 Å². The summed E-state index contributed by atoms with van der Waals surface area (Å²) in [5, 5.41) is 0.961. The van der Waals surface area contributed by atoms with Crippen LogP contribution in [-0.4, -0.2) is 36.6 Å². The van der Waals surface area contributed by atoms with E-state index >= 15 is 0 Å². The molecule has 5 heteroatoms. The van der Waals surface area contributed by atoms with Crippen molar-refractivity contribution in [3.05, 3.63) is 95.7 Å². The van der Waals surface area contributed by atoms with Crippen molar-refractivity contribution in [1.29, 1.82) is 0 Å². The van der Waals surface area contributed by atoms with Crippen LogP contribution in [0.4, 0.5) is 0 Å². The van der Waals surface area contributed by atoms with Gasteiger partial charge in [-0.25, -0.2) is 0 Å². The third-order valence-electron chi connectivity index (χ3n) is 5.43. The average molecular weight is 415 g/mol. The number of hydrogen-bond donors (Lipinski definition) is 0. The monoisotopic (exact) mass is 414 g/mol. The fraction of sp³-hybridized carbons (Fsp3) is 0.192. The molecule has 1 amide bonds. The quantitative estimate of drug-likeness (QED) is 0.428. The number of rotatable bonds is 7. The minimum Gasteiger partial charge on any atom is -0.493 e. The standard InChI is InChI=1S/C26H26N2O3/c1-27(16-20-13-14-24(30-2)25(15-20)31-3)26(29)22-18-28(17-19-9-5-4-6-10-19)23-12-8-7-11-21(22)23/h4-15,18H,16-17H2,1-3H3. The Morgan fingerprint density at radius 1 is 0.871 bits per heavy atom. The summed E-state index contributed by atoms with van der Waals surface area (Å²) in [6.45, 7) is 1.19. The molecule has 0 radical (unpaired) electrons. The number of nitrogens with zero attached hydrogens (tertiary/aromatic N) is 2. The molecule has 4 rings (SSSR count). The van der Waals surface area contributed by atoms with Crippen molar-refractivity contribution in [3.63, 3.8) is 0 Å². The Morgan fingerprint density at radius 2 is 1.58 bits per heavy atom. The number of para-hydroxylation sites is 1. The number of amides is 1. The summed E-state index contributed by atoms with van der Waals surface area (Å²) in [5.41, 5.74) is 3.92. The van der Waals surface area contributed by atoms with Crippen molar-refractivity contribution in [3.8, 4) is 11.5 Å². The van der Waals surface area contributed by atoms with Crippen LogP contribution in [0.3, 0.4) is 0 Å². The molecule has 0 aliphatic rings. The maximum Gasteiger partial charge on any atom is 0.256 e. The maximum atomic E-state index is 13.4. The normalized spacial score (nSPS) is 10.8. The van der Waals surface area contributed by atoms with Gasteiger partial charge in [-0.1, -0.05) is 54.6 Å². The SMILES string of the molecule is COc1ccc(CN(C)C(=O)c2cn(Cc3ccccc3)c3ccccc23)cc1OC. The summed E-state index contributed by atoms with van der Waals surface area (Å²) < 4.78 is 12.8. The highest BCUT2D eigenvalue weighted by molar-refractivity contribution is 6.06. The Morgan fingerprint density at radius 3 is 2.32 bits per heavy atom. The Bertz CT molecular complexity index is 1200. The van der Waals surface area contributed by atoms with E-state index in [1.165, 1.54) is 5.56 Å². The minimum absolute atomic E-state index is 0.0159. The summed E-state index contributed by atoms with van der Waals surface area (Å²) in [7, 11) is 5.04. The average Bonchev–Trinajstić information content (AvgIpc) is 3.17. The van der Waals surface area contributed by atoms with E-state index in [2.05, 4.69) is 22.8 Å². The Kier molecular flexibility index (Phi) is 5.94. The van der Waals surface area contributed by atoms with Crippen LogP contribution in [0.15, 0.2) is 79.0 Å². The van der Waals surface area contributed by atoms with Crippen LogP contribution >= 0.6 is 0 Å². The predicted octanol–water partition coefficient (Wildman–Crippen LogP) is 4.98. The molecule has 1 heterocycles. The molecule has 5 nitrogen and oxygen atoms in total. The first-order chi connectivity index (χ1) is 15.1. The highest BCUT2D eigenvalue weighted by Gasteiger charge is 2.19. The second kappa shape index (κ2) is 8.96. The number of ether oxygens (including phenoxy) is 2. The zero-order valence-corrected chi connectivity index (χ0v) is 18.0. The first-order valence-electron chi connectivity index (χ1n) is 10.2. The molecule has 3 aromatic carbocycles. The molecular formula is C26H26N2O3. The minimum atomic E-state index is -0.0159. The summed E-state index contributed by atoms with van der Waals surface area (Å²) in [5.74, 6) is 1.31. The van der Waals surface area contributed by atoms with Gasteiger partial charge in [0.15, 0.2) is 11.5 Å². The lowest BCUT2D eigenvalue weighted by molar-refractivity contribution is 0.0786. The molecule has 31 heavy (non-hydrogen) atoms. The lowest BCUT2D eigenvalue weighted by Gasteiger charge is -2.18. The largest absolute Gasteiger partial charge is 0.493 e. The summed E-state index contributed by atoms with van der Waals surface area (Å²) in [6, 6.07) is 24.0. The van der Waals surface area contributed by atoms with Gasteiger partial charge in [0, 0.05) is 37.2 Å². The number of fused-ring (bicyclic) bond motifs is 1. The number of carbonyl (C=O) groups is 1. The smallest absolute Gasteiger partial charge is 0.256 e. The molecule has 0 fully saturated rings. The third-order valence-corrected chi connectivity index (χ3v) is 5.43. The van der Waals surface area contributed by atoms with E-state index < -0.39 is 0 Å². The van der Waals surface area contributed by atoms with Gasteiger partial charge in [-0.3, -0.25) is 4.79 Å². The second-order valence-electron chi connectivity index (χ2n) is 7.52. The molecule has 0 N–H and O–H groups in total. The highest BCUT2D eigenvalue weighted by atomic mass is 16.5. The number of hydrogen-bond acceptors (Lipinski definition) is 3. The van der Waals surface area contributed by atoms with Crippen LogP contribution in [0.25, 0.3) is 10.9 Å². The van der Waals surface area contributed by atoms with E-state index in [9.17, 15) is 4.79 Å². The molecule has 0 aliphatic carbocycles. The van der Waals surface area contributed by atoms with E-state index in [0.717, 1.165) is 16.5 Å². The lowest BCUT2D eigenvalue weighted by atomic mass is 10.1. The Balaban J connectivity index is 1.61. The number of methoxy groups -OCH3 is 2. The highest BCUT2D eigenvalue weighted by Crippen LogP contribution is 2.29. The van der Waals surface area contributed by atoms with E-state index in [1.54, 1.807) is 19.1 Å². The number of aromatic nitrogens is 1. The zero-order valence-electron chi connectivity index (χ0n) is 18.0. The Hall–Kier alpha value is -3.73. The summed E-state index contributed by atoms with van der Waals surface area (Å²) >= 11 is 0. The number of benzene rings is 3. The fourth-order valence-corrected chi connectivity index (χ4v) is 3.86. The van der Waals surface area contributed by atoms with E-state index in [4.69, 9.17) is 9.47 Å². The molecule has 0 atom stereocenters. The molecule has 0 saturated carbocycles. The second-order valence-corrected chi connectivity index (χ2v) is 7.52. The zero-order chi connectivity index (χ0) is 21.8. The van der Waals surface area contributed by atoms with Gasteiger partial charge in [0.2, 0.25) is 0 Å². The van der Waals surface area contributed by atoms with Crippen LogP contribution in [0, 0.1) is 0 Å². The van der Waals surface area contributed by atoms with Gasteiger partial charge in [0.25, 0.3) is 5.91 Å². The first-order valence-corrected chi connectivity index (χ1v) is 10.2. The van der Waals surface area contributed by atoms with E-state index in [-0.39, 0.29) is 5.91 Å². The molecular weight excluding hydrogens is 388 g/mol. The number of carbonyl (C=O) groups excluding carboxylic acids is 1. The molecule has 0 unspecified atom stereocenters. The first kappa shape index (κ1) is 20.5. The summed E-state index contributed by atoms with van der Waals surface area (Å²) in [4.78, 5) is 15.1. The predicted molar refractivity (Wildman–Crippen MR) is 123 cm³/mol. The molecule has 0 bridgehead atoms. The van der Waals surface area contributed by atoms with Crippen molar-refractivity contribution in [2.24, 2.45) is 0 Å². The van der Waals surface area contributed by atoms with Gasteiger partial charge in [-0.15, -0.1) is 0 Å². The topological polar surface area (TPSA) is 43.7 Å². The molecule has 4 aromatic rings.